The largest absolute Gasteiger partial charge is 0.394 e. The summed E-state index contributed by atoms with van der Waals surface area (Å²) in [6, 6.07) is 7.30. The molecule has 0 bridgehead atoms. The summed E-state index contributed by atoms with van der Waals surface area (Å²) in [6.07, 6.45) is 0. The van der Waals surface area contributed by atoms with Gasteiger partial charge in [-0.05, 0) is 11.1 Å². The Morgan fingerprint density at radius 1 is 1.33 bits per heavy atom. The summed E-state index contributed by atoms with van der Waals surface area (Å²) < 4.78 is 0. The first kappa shape index (κ1) is 9.19. The molecule has 1 atom stereocenters. The molecule has 1 aromatic carbocycles. The summed E-state index contributed by atoms with van der Waals surface area (Å²) in [4.78, 5) is 0. The molecular formula is C9H14N2O. The van der Waals surface area contributed by atoms with Crippen molar-refractivity contribution in [1.29, 1.82) is 0 Å². The first-order valence-electron chi connectivity index (χ1n) is 3.94. The van der Waals surface area contributed by atoms with Crippen molar-refractivity contribution < 1.29 is 5.11 Å². The monoisotopic (exact) mass is 166 g/mol. The van der Waals surface area contributed by atoms with E-state index in [0.717, 1.165) is 11.1 Å². The van der Waals surface area contributed by atoms with E-state index in [9.17, 15) is 0 Å². The fourth-order valence-corrected chi connectivity index (χ4v) is 1.18. The lowest BCUT2D eigenvalue weighted by molar-refractivity contribution is 0.267. The summed E-state index contributed by atoms with van der Waals surface area (Å²) in [7, 11) is 0. The fraction of sp³-hybridized carbons (Fsp3) is 0.333. The molecule has 0 radical (unpaired) electrons. The Hall–Kier alpha value is -0.900. The summed E-state index contributed by atoms with van der Waals surface area (Å²) in [6.45, 7) is 0.418. The van der Waals surface area contributed by atoms with Gasteiger partial charge >= 0.3 is 0 Å². The molecule has 1 aromatic rings. The molecule has 0 amide bonds. The van der Waals surface area contributed by atoms with Gasteiger partial charge in [0.1, 0.15) is 0 Å². The molecule has 0 fully saturated rings. The third kappa shape index (κ3) is 1.82. The number of hydrogen-bond acceptors (Lipinski definition) is 3. The third-order valence-corrected chi connectivity index (χ3v) is 1.87. The highest BCUT2D eigenvalue weighted by molar-refractivity contribution is 5.29. The molecule has 1 unspecified atom stereocenters. The number of benzene rings is 1. The Morgan fingerprint density at radius 2 is 2.00 bits per heavy atom. The van der Waals surface area contributed by atoms with Crippen LogP contribution in [-0.4, -0.2) is 11.7 Å². The lowest BCUT2D eigenvalue weighted by atomic mass is 10.0. The smallest absolute Gasteiger partial charge is 0.0624 e. The summed E-state index contributed by atoms with van der Waals surface area (Å²) >= 11 is 0. The number of nitrogens with two attached hydrogens (primary N) is 2. The number of aliphatic hydroxyl groups is 1. The Kier molecular flexibility index (Phi) is 3.22. The molecule has 0 saturated carbocycles. The quantitative estimate of drug-likeness (QED) is 0.598. The van der Waals surface area contributed by atoms with Crippen LogP contribution in [0.15, 0.2) is 24.3 Å². The molecule has 12 heavy (non-hydrogen) atoms. The molecule has 3 nitrogen and oxygen atoms in total. The Balaban J connectivity index is 2.96. The van der Waals surface area contributed by atoms with Gasteiger partial charge < -0.3 is 16.6 Å². The topological polar surface area (TPSA) is 72.3 Å². The van der Waals surface area contributed by atoms with Crippen molar-refractivity contribution in [2.75, 3.05) is 6.61 Å². The van der Waals surface area contributed by atoms with E-state index in [0.29, 0.717) is 6.54 Å². The summed E-state index contributed by atoms with van der Waals surface area (Å²) in [5, 5.41) is 8.84. The molecule has 1 rings (SSSR count). The molecular weight excluding hydrogens is 152 g/mol. The van der Waals surface area contributed by atoms with Crippen molar-refractivity contribution >= 4 is 0 Å². The molecule has 0 aliphatic carbocycles. The standard InChI is InChI=1S/C9H14N2O/c10-5-7-3-1-2-4-8(7)9(11)6-12/h1-4,9,12H,5-6,10-11H2. The second-order valence-electron chi connectivity index (χ2n) is 2.69. The lowest BCUT2D eigenvalue weighted by Crippen LogP contribution is -2.17. The van der Waals surface area contributed by atoms with Gasteiger partial charge in [-0.15, -0.1) is 0 Å². The minimum atomic E-state index is -0.315. The highest BCUT2D eigenvalue weighted by Crippen LogP contribution is 2.14. The zero-order valence-electron chi connectivity index (χ0n) is 6.90. The summed E-state index contributed by atoms with van der Waals surface area (Å²) in [5.41, 5.74) is 13.1. The van der Waals surface area contributed by atoms with Crippen LogP contribution < -0.4 is 11.5 Å². The minimum absolute atomic E-state index is 0.0446. The van der Waals surface area contributed by atoms with Crippen LogP contribution in [0.2, 0.25) is 0 Å². The molecule has 66 valence electrons. The zero-order chi connectivity index (χ0) is 8.97. The normalized spacial score (nSPS) is 12.9. The molecule has 0 aromatic heterocycles. The van der Waals surface area contributed by atoms with Crippen molar-refractivity contribution in [3.05, 3.63) is 35.4 Å². The van der Waals surface area contributed by atoms with E-state index in [1.54, 1.807) is 0 Å². The van der Waals surface area contributed by atoms with E-state index < -0.39 is 0 Å². The average molecular weight is 166 g/mol. The van der Waals surface area contributed by atoms with Gasteiger partial charge in [0.15, 0.2) is 0 Å². The van der Waals surface area contributed by atoms with E-state index in [1.165, 1.54) is 0 Å². The van der Waals surface area contributed by atoms with Crippen LogP contribution in [0.25, 0.3) is 0 Å². The molecule has 0 saturated heterocycles. The van der Waals surface area contributed by atoms with Gasteiger partial charge in [-0.1, -0.05) is 24.3 Å². The van der Waals surface area contributed by atoms with Gasteiger partial charge in [0.25, 0.3) is 0 Å². The molecule has 0 aliphatic heterocycles. The molecule has 0 heterocycles. The second kappa shape index (κ2) is 4.21. The van der Waals surface area contributed by atoms with Crippen molar-refractivity contribution in [1.82, 2.24) is 0 Å². The molecule has 3 heteroatoms. The van der Waals surface area contributed by atoms with E-state index in [4.69, 9.17) is 16.6 Å². The third-order valence-electron chi connectivity index (χ3n) is 1.87. The predicted molar refractivity (Wildman–Crippen MR) is 48.3 cm³/mol. The maximum absolute atomic E-state index is 8.84. The van der Waals surface area contributed by atoms with Crippen molar-refractivity contribution in [2.45, 2.75) is 12.6 Å². The highest BCUT2D eigenvalue weighted by atomic mass is 16.3. The van der Waals surface area contributed by atoms with Crippen molar-refractivity contribution in [3.8, 4) is 0 Å². The Labute approximate surface area is 72.0 Å². The van der Waals surface area contributed by atoms with Crippen LogP contribution in [0.1, 0.15) is 17.2 Å². The van der Waals surface area contributed by atoms with Gasteiger partial charge in [-0.3, -0.25) is 0 Å². The van der Waals surface area contributed by atoms with Gasteiger partial charge in [-0.25, -0.2) is 0 Å². The lowest BCUT2D eigenvalue weighted by Gasteiger charge is -2.12. The number of aliphatic hydroxyl groups excluding tert-OH is 1. The van der Waals surface area contributed by atoms with E-state index in [2.05, 4.69) is 0 Å². The van der Waals surface area contributed by atoms with Crippen LogP contribution in [0.4, 0.5) is 0 Å². The molecule has 0 spiro atoms. The van der Waals surface area contributed by atoms with Crippen LogP contribution in [0.3, 0.4) is 0 Å². The maximum Gasteiger partial charge on any atom is 0.0624 e. The SMILES string of the molecule is NCc1ccccc1C(N)CO. The average Bonchev–Trinajstić information content (AvgIpc) is 2.16. The van der Waals surface area contributed by atoms with Crippen LogP contribution in [0, 0.1) is 0 Å². The first-order chi connectivity index (χ1) is 5.79. The van der Waals surface area contributed by atoms with Crippen molar-refractivity contribution in [3.63, 3.8) is 0 Å². The zero-order valence-corrected chi connectivity index (χ0v) is 6.90. The minimum Gasteiger partial charge on any atom is -0.394 e. The van der Waals surface area contributed by atoms with E-state index in [1.807, 2.05) is 24.3 Å². The predicted octanol–water partition coefficient (Wildman–Crippen LogP) is 0.137. The fourth-order valence-electron chi connectivity index (χ4n) is 1.18. The van der Waals surface area contributed by atoms with E-state index in [-0.39, 0.29) is 12.6 Å². The Bertz CT molecular complexity index is 250. The molecule has 5 N–H and O–H groups in total. The van der Waals surface area contributed by atoms with Gasteiger partial charge in [0.2, 0.25) is 0 Å². The molecule has 0 aliphatic rings. The second-order valence-corrected chi connectivity index (χ2v) is 2.69. The van der Waals surface area contributed by atoms with Gasteiger partial charge in [-0.2, -0.15) is 0 Å². The van der Waals surface area contributed by atoms with Crippen molar-refractivity contribution in [2.24, 2.45) is 11.5 Å². The van der Waals surface area contributed by atoms with Crippen LogP contribution in [-0.2, 0) is 6.54 Å². The maximum atomic E-state index is 8.84. The summed E-state index contributed by atoms with van der Waals surface area (Å²) in [5.74, 6) is 0. The van der Waals surface area contributed by atoms with E-state index >= 15 is 0 Å². The highest BCUT2D eigenvalue weighted by Gasteiger charge is 2.07. The number of rotatable bonds is 3. The van der Waals surface area contributed by atoms with Crippen LogP contribution in [0.5, 0.6) is 0 Å². The Morgan fingerprint density at radius 3 is 2.58 bits per heavy atom. The van der Waals surface area contributed by atoms with Gasteiger partial charge in [0, 0.05) is 6.54 Å². The van der Waals surface area contributed by atoms with Crippen LogP contribution >= 0.6 is 0 Å². The van der Waals surface area contributed by atoms with Gasteiger partial charge in [0.05, 0.1) is 12.6 Å². The number of hydrogen-bond donors (Lipinski definition) is 3. The first-order valence-corrected chi connectivity index (χ1v) is 3.94.